The molecule has 0 bridgehead atoms. The van der Waals surface area contributed by atoms with Gasteiger partial charge in [0.1, 0.15) is 5.54 Å². The van der Waals surface area contributed by atoms with Crippen LogP contribution < -0.4 is 11.5 Å². The second-order valence-corrected chi connectivity index (χ2v) is 4.04. The Morgan fingerprint density at radius 1 is 1.47 bits per heavy atom. The molecule has 0 aromatic heterocycles. The SMILES string of the molecule is COC(=O)C(C)(N)CCC(F)=CCN=C(C)N.Cl.Cl. The van der Waals surface area contributed by atoms with Crippen molar-refractivity contribution in [3.63, 3.8) is 0 Å². The van der Waals surface area contributed by atoms with Gasteiger partial charge in [-0.15, -0.1) is 24.8 Å². The highest BCUT2D eigenvalue weighted by Gasteiger charge is 2.29. The largest absolute Gasteiger partial charge is 0.468 e. The maximum Gasteiger partial charge on any atom is 0.325 e. The van der Waals surface area contributed by atoms with Crippen molar-refractivity contribution in [3.8, 4) is 0 Å². The molecular weight excluding hydrogens is 296 g/mol. The lowest BCUT2D eigenvalue weighted by Gasteiger charge is -2.20. The monoisotopic (exact) mass is 317 g/mol. The molecule has 0 fully saturated rings. The van der Waals surface area contributed by atoms with Gasteiger partial charge in [0.25, 0.3) is 0 Å². The van der Waals surface area contributed by atoms with Crippen molar-refractivity contribution in [1.29, 1.82) is 0 Å². The highest BCUT2D eigenvalue weighted by Crippen LogP contribution is 2.16. The molecule has 0 aliphatic rings. The van der Waals surface area contributed by atoms with Crippen molar-refractivity contribution < 1.29 is 13.9 Å². The minimum absolute atomic E-state index is 0. The number of hydrogen-bond acceptors (Lipinski definition) is 4. The number of aliphatic imine (C=N–C) groups is 1. The topological polar surface area (TPSA) is 90.7 Å². The van der Waals surface area contributed by atoms with E-state index in [-0.39, 0.29) is 50.0 Å². The van der Waals surface area contributed by atoms with E-state index in [0.29, 0.717) is 5.84 Å². The Kier molecular flexibility index (Phi) is 13.5. The van der Waals surface area contributed by atoms with Gasteiger partial charge >= 0.3 is 5.97 Å². The van der Waals surface area contributed by atoms with Crippen LogP contribution in [0.1, 0.15) is 26.7 Å². The van der Waals surface area contributed by atoms with Crippen molar-refractivity contribution in [2.75, 3.05) is 13.7 Å². The van der Waals surface area contributed by atoms with E-state index in [2.05, 4.69) is 9.73 Å². The van der Waals surface area contributed by atoms with Gasteiger partial charge in [-0.3, -0.25) is 9.79 Å². The summed E-state index contributed by atoms with van der Waals surface area (Å²) >= 11 is 0. The Morgan fingerprint density at radius 2 is 2.00 bits per heavy atom. The van der Waals surface area contributed by atoms with Crippen molar-refractivity contribution in [3.05, 3.63) is 11.9 Å². The molecule has 1 unspecified atom stereocenters. The number of carbonyl (C=O) groups excluding carboxylic acids is 1. The third kappa shape index (κ3) is 10.7. The number of halogens is 3. The van der Waals surface area contributed by atoms with Gasteiger partial charge in [0.2, 0.25) is 0 Å². The van der Waals surface area contributed by atoms with Gasteiger partial charge in [0, 0.05) is 6.42 Å². The molecule has 4 N–H and O–H groups in total. The fraction of sp³-hybridized carbons (Fsp3) is 0.636. The van der Waals surface area contributed by atoms with Gasteiger partial charge in [0.05, 0.1) is 25.3 Å². The van der Waals surface area contributed by atoms with Crippen LogP contribution in [-0.2, 0) is 9.53 Å². The number of nitrogens with zero attached hydrogens (tertiary/aromatic N) is 1. The van der Waals surface area contributed by atoms with Crippen molar-refractivity contribution >= 4 is 36.6 Å². The maximum absolute atomic E-state index is 13.3. The fourth-order valence-electron chi connectivity index (χ4n) is 1.11. The first-order valence-corrected chi connectivity index (χ1v) is 5.28. The summed E-state index contributed by atoms with van der Waals surface area (Å²) in [6.07, 6.45) is 1.55. The fourth-order valence-corrected chi connectivity index (χ4v) is 1.11. The molecule has 1 atom stereocenters. The molecule has 19 heavy (non-hydrogen) atoms. The predicted molar refractivity (Wildman–Crippen MR) is 79.7 cm³/mol. The van der Waals surface area contributed by atoms with E-state index in [1.54, 1.807) is 6.92 Å². The van der Waals surface area contributed by atoms with Crippen LogP contribution >= 0.6 is 24.8 Å². The summed E-state index contributed by atoms with van der Waals surface area (Å²) in [6.45, 7) is 3.32. The van der Waals surface area contributed by atoms with Crippen LogP contribution in [0.25, 0.3) is 0 Å². The molecule has 0 rings (SSSR count). The lowest BCUT2D eigenvalue weighted by Crippen LogP contribution is -2.45. The summed E-state index contributed by atoms with van der Waals surface area (Å²) in [5.41, 5.74) is 9.80. The highest BCUT2D eigenvalue weighted by molar-refractivity contribution is 5.85. The number of carbonyl (C=O) groups is 1. The van der Waals surface area contributed by atoms with E-state index in [1.165, 1.54) is 20.1 Å². The maximum atomic E-state index is 13.3. The van der Waals surface area contributed by atoms with E-state index in [1.807, 2.05) is 0 Å². The molecule has 8 heteroatoms. The molecule has 0 aliphatic heterocycles. The van der Waals surface area contributed by atoms with Gasteiger partial charge in [0.15, 0.2) is 0 Å². The van der Waals surface area contributed by atoms with Crippen LogP contribution in [-0.4, -0.2) is 31.0 Å². The van der Waals surface area contributed by atoms with Crippen molar-refractivity contribution in [2.45, 2.75) is 32.2 Å². The van der Waals surface area contributed by atoms with Gasteiger partial charge < -0.3 is 16.2 Å². The van der Waals surface area contributed by atoms with Gasteiger partial charge in [-0.05, 0) is 26.3 Å². The number of amidine groups is 1. The lowest BCUT2D eigenvalue weighted by atomic mass is 9.97. The quantitative estimate of drug-likeness (QED) is 0.443. The number of rotatable bonds is 6. The Labute approximate surface area is 125 Å². The molecule has 0 spiro atoms. The minimum Gasteiger partial charge on any atom is -0.468 e. The first kappa shape index (κ1) is 23.3. The normalized spacial score (nSPS) is 14.8. The smallest absolute Gasteiger partial charge is 0.325 e. The Balaban J connectivity index is -0.00000128. The van der Waals surface area contributed by atoms with E-state index in [4.69, 9.17) is 11.5 Å². The first-order chi connectivity index (χ1) is 7.79. The van der Waals surface area contributed by atoms with Crippen LogP contribution in [0.3, 0.4) is 0 Å². The zero-order valence-corrected chi connectivity index (χ0v) is 12.9. The molecule has 0 aromatic rings. The Hall–Kier alpha value is -0.850. The Morgan fingerprint density at radius 3 is 2.42 bits per heavy atom. The number of methoxy groups -OCH3 is 1. The summed E-state index contributed by atoms with van der Waals surface area (Å²) in [6, 6.07) is 0. The Bertz CT molecular complexity index is 330. The molecule has 0 amide bonds. The van der Waals surface area contributed by atoms with Gasteiger partial charge in [-0.25, -0.2) is 4.39 Å². The molecule has 0 aliphatic carbocycles. The van der Waals surface area contributed by atoms with Gasteiger partial charge in [-0.2, -0.15) is 0 Å². The highest BCUT2D eigenvalue weighted by atomic mass is 35.5. The van der Waals surface area contributed by atoms with E-state index in [9.17, 15) is 9.18 Å². The number of hydrogen-bond donors (Lipinski definition) is 2. The molecule has 5 nitrogen and oxygen atoms in total. The zero-order chi connectivity index (χ0) is 13.5. The second-order valence-electron chi connectivity index (χ2n) is 4.04. The van der Waals surface area contributed by atoms with Crippen LogP contribution in [0.5, 0.6) is 0 Å². The standard InChI is InChI=1S/C11H20FN3O2.2ClH/c1-8(13)15-7-5-9(12)4-6-11(2,14)10(16)17-3;;/h5H,4,6-7,14H2,1-3H3,(H2,13,15);2*1H. The van der Waals surface area contributed by atoms with E-state index in [0.717, 1.165) is 0 Å². The molecule has 0 saturated heterocycles. The molecule has 0 heterocycles. The number of nitrogens with two attached hydrogens (primary N) is 2. The molecule has 0 saturated carbocycles. The summed E-state index contributed by atoms with van der Waals surface area (Å²) in [5.74, 6) is -0.524. The second kappa shape index (κ2) is 11.0. The number of allylic oxidation sites excluding steroid dienone is 1. The van der Waals surface area contributed by atoms with Crippen molar-refractivity contribution in [2.24, 2.45) is 16.5 Å². The van der Waals surface area contributed by atoms with Crippen LogP contribution in [0, 0.1) is 0 Å². The molecule has 0 radical (unpaired) electrons. The summed E-state index contributed by atoms with van der Waals surface area (Å²) in [5, 5.41) is 0. The van der Waals surface area contributed by atoms with Crippen LogP contribution in [0.4, 0.5) is 4.39 Å². The average Bonchev–Trinajstić information content (AvgIpc) is 2.24. The number of ether oxygens (including phenoxy) is 1. The van der Waals surface area contributed by atoms with Crippen LogP contribution in [0.2, 0.25) is 0 Å². The van der Waals surface area contributed by atoms with E-state index < -0.39 is 11.5 Å². The van der Waals surface area contributed by atoms with E-state index >= 15 is 0 Å². The summed E-state index contributed by atoms with van der Waals surface area (Å²) < 4.78 is 17.8. The zero-order valence-electron chi connectivity index (χ0n) is 11.3. The molecule has 114 valence electrons. The third-order valence-corrected chi connectivity index (χ3v) is 2.19. The minimum atomic E-state index is -1.17. The van der Waals surface area contributed by atoms with Crippen LogP contribution in [0.15, 0.2) is 16.9 Å². The molecular formula is C11H22Cl2FN3O2. The summed E-state index contributed by atoms with van der Waals surface area (Å²) in [4.78, 5) is 15.0. The van der Waals surface area contributed by atoms with Crippen molar-refractivity contribution in [1.82, 2.24) is 0 Å². The first-order valence-electron chi connectivity index (χ1n) is 5.28. The predicted octanol–water partition coefficient (Wildman–Crippen LogP) is 1.73. The lowest BCUT2D eigenvalue weighted by molar-refractivity contribution is -0.146. The van der Waals surface area contributed by atoms with Gasteiger partial charge in [-0.1, -0.05) is 0 Å². The third-order valence-electron chi connectivity index (χ3n) is 2.19. The number of esters is 1. The molecule has 0 aromatic carbocycles. The summed E-state index contributed by atoms with van der Waals surface area (Å²) in [7, 11) is 1.25. The average molecular weight is 318 g/mol.